The molecule has 1 heterocycles. The van der Waals surface area contributed by atoms with Crippen LogP contribution in [-0.2, 0) is 0 Å². The third-order valence-electron chi connectivity index (χ3n) is 0.432. The van der Waals surface area contributed by atoms with Gasteiger partial charge in [0.25, 0.3) is 0 Å². The summed E-state index contributed by atoms with van der Waals surface area (Å²) in [5.74, 6) is 0. The van der Waals surface area contributed by atoms with Crippen LogP contribution in [-0.4, -0.2) is 4.98 Å². The molecule has 0 aliphatic heterocycles. The Balaban J connectivity index is 0. The molecule has 0 saturated heterocycles. The first-order chi connectivity index (χ1) is 2.89. The topological polar surface area (TPSA) is 36.7 Å². The molecule has 0 atom stereocenters. The molecular formula is C4H6N2SU. The van der Waals surface area contributed by atoms with Gasteiger partial charge in [0.2, 0.25) is 0 Å². The first-order valence-corrected chi connectivity index (χ1v) is 2.38. The molecule has 1 rings (SSSR count). The quantitative estimate of drug-likeness (QED) is 0.660. The summed E-state index contributed by atoms with van der Waals surface area (Å²) >= 11 is 1.33. The number of hydrogen-bond acceptors (Lipinski definition) is 2. The van der Waals surface area contributed by atoms with Crippen molar-refractivity contribution < 1.29 is 31.1 Å². The molecule has 42 valence electrons. The predicted molar refractivity (Wildman–Crippen MR) is 32.5 cm³/mol. The zero-order valence-electron chi connectivity index (χ0n) is 4.51. The molecule has 0 unspecified atom stereocenters. The molecule has 1 N–H and O–H groups in total. The predicted octanol–water partition coefficient (Wildman–Crippen LogP) is 2.28. The molecule has 0 aliphatic rings. The molecule has 0 radical (unpaired) electrons. The monoisotopic (exact) mass is 352 g/mol. The van der Waals surface area contributed by atoms with Crippen molar-refractivity contribution in [1.82, 2.24) is 4.98 Å². The zero-order valence-corrected chi connectivity index (χ0v) is 9.49. The Morgan fingerprint density at radius 2 is 2.25 bits per heavy atom. The second-order valence-corrected chi connectivity index (χ2v) is 1.73. The first kappa shape index (κ1) is 11.3. The zero-order chi connectivity index (χ0) is 4.41. The van der Waals surface area contributed by atoms with Crippen molar-refractivity contribution in [3.63, 3.8) is 0 Å². The first-order valence-electron chi connectivity index (χ1n) is 1.50. The van der Waals surface area contributed by atoms with Crippen molar-refractivity contribution in [1.29, 1.82) is 0 Å². The van der Waals surface area contributed by atoms with Gasteiger partial charge in [0.05, 0.1) is 0 Å². The molecule has 0 amide bonds. The van der Waals surface area contributed by atoms with Crippen molar-refractivity contribution in [3.8, 4) is 0 Å². The van der Waals surface area contributed by atoms with Crippen LogP contribution in [0.15, 0.2) is 11.6 Å². The Kier molecular flexibility index (Phi) is 7.93. The van der Waals surface area contributed by atoms with Crippen molar-refractivity contribution in [2.24, 2.45) is 0 Å². The van der Waals surface area contributed by atoms with Gasteiger partial charge in [0.15, 0.2) is 0 Å². The van der Waals surface area contributed by atoms with Crippen molar-refractivity contribution in [3.05, 3.63) is 24.7 Å². The van der Waals surface area contributed by atoms with Gasteiger partial charge in [-0.15, -0.1) is 0 Å². The minimum absolute atomic E-state index is 0. The molecule has 8 heavy (non-hydrogen) atoms. The van der Waals surface area contributed by atoms with Gasteiger partial charge in [-0.1, -0.05) is 6.20 Å². The minimum atomic E-state index is 0. The fourth-order valence-electron chi connectivity index (χ4n) is 0.223. The average molecular weight is 352 g/mol. The van der Waals surface area contributed by atoms with Crippen LogP contribution in [0.4, 0.5) is 5.13 Å². The van der Waals surface area contributed by atoms with Crippen molar-refractivity contribution in [2.75, 3.05) is 0 Å². The standard InChI is InChI=1S/C3H3N2S.CH3.U/c4-3-5-1-2-6-3;;/h1-2H,(H-,4,5);1H3;/q2*-1;+2. The third kappa shape index (κ3) is 3.48. The van der Waals surface area contributed by atoms with Crippen LogP contribution in [0.2, 0.25) is 0 Å². The van der Waals surface area contributed by atoms with E-state index in [4.69, 9.17) is 5.73 Å². The van der Waals surface area contributed by atoms with E-state index in [0.717, 1.165) is 0 Å². The van der Waals surface area contributed by atoms with E-state index in [9.17, 15) is 0 Å². The van der Waals surface area contributed by atoms with Crippen LogP contribution in [0.5, 0.6) is 0 Å². The van der Waals surface area contributed by atoms with E-state index in [1.54, 1.807) is 11.6 Å². The van der Waals surface area contributed by atoms with E-state index in [2.05, 4.69) is 4.98 Å². The van der Waals surface area contributed by atoms with Crippen molar-refractivity contribution >= 4 is 16.5 Å². The Morgan fingerprint density at radius 1 is 1.62 bits per heavy atom. The smallest absolute Gasteiger partial charge is 0.473 e. The summed E-state index contributed by atoms with van der Waals surface area (Å²) in [6, 6.07) is 0. The SMILES string of the molecule is [CH3-].[NH-]c1nccs1.[U+2]. The van der Waals surface area contributed by atoms with E-state index in [1.807, 2.05) is 0 Å². The third-order valence-corrected chi connectivity index (χ3v) is 1.02. The van der Waals surface area contributed by atoms with Crippen molar-refractivity contribution in [2.45, 2.75) is 0 Å². The van der Waals surface area contributed by atoms with Crippen LogP contribution in [0.25, 0.3) is 5.73 Å². The van der Waals surface area contributed by atoms with Gasteiger partial charge in [-0.05, 0) is 10.5 Å². The van der Waals surface area contributed by atoms with Crippen LogP contribution in [0.3, 0.4) is 0 Å². The maximum Gasteiger partial charge on any atom is 2.00 e. The summed E-state index contributed by atoms with van der Waals surface area (Å²) in [4.78, 5) is 3.60. The second-order valence-electron chi connectivity index (χ2n) is 0.837. The number of rotatable bonds is 0. The van der Waals surface area contributed by atoms with Crippen LogP contribution >= 0.6 is 11.3 Å². The number of thiazole rings is 1. The number of nitrogens with zero attached hydrogens (tertiary/aromatic N) is 1. The normalized spacial score (nSPS) is 6.50. The van der Waals surface area contributed by atoms with Gasteiger partial charge in [0, 0.05) is 0 Å². The second kappa shape index (κ2) is 5.62. The Hall–Kier alpha value is 0.482. The van der Waals surface area contributed by atoms with Gasteiger partial charge in [-0.2, -0.15) is 11.3 Å². The molecule has 0 saturated carbocycles. The summed E-state index contributed by atoms with van der Waals surface area (Å²) in [5.41, 5.74) is 6.78. The summed E-state index contributed by atoms with van der Waals surface area (Å²) in [6.45, 7) is 0. The van der Waals surface area contributed by atoms with Crippen LogP contribution in [0.1, 0.15) is 0 Å². The van der Waals surface area contributed by atoms with Crippen LogP contribution < -0.4 is 0 Å². The number of hydrogen-bond donors (Lipinski definition) is 0. The Bertz CT molecular complexity index is 118. The van der Waals surface area contributed by atoms with E-state index >= 15 is 0 Å². The number of aromatic nitrogens is 1. The fourth-order valence-corrected chi connectivity index (χ4v) is 0.596. The Labute approximate surface area is 76.9 Å². The van der Waals surface area contributed by atoms with E-state index in [1.165, 1.54) is 11.3 Å². The molecule has 1 aromatic heterocycles. The van der Waals surface area contributed by atoms with E-state index < -0.39 is 0 Å². The summed E-state index contributed by atoms with van der Waals surface area (Å²) in [7, 11) is 0. The maximum atomic E-state index is 6.78. The molecule has 0 fully saturated rings. The van der Waals surface area contributed by atoms with Gasteiger partial charge < -0.3 is 18.1 Å². The average Bonchev–Trinajstić information content (AvgIpc) is 1.86. The fraction of sp³-hybridized carbons (Fsp3) is 0. The molecule has 0 aromatic carbocycles. The molecule has 1 aromatic rings. The van der Waals surface area contributed by atoms with E-state index in [-0.39, 0.29) is 38.5 Å². The molecular weight excluding hydrogens is 346 g/mol. The summed E-state index contributed by atoms with van der Waals surface area (Å²) in [5, 5.41) is 2.16. The van der Waals surface area contributed by atoms with E-state index in [0.29, 0.717) is 5.13 Å². The molecule has 0 bridgehead atoms. The molecule has 0 spiro atoms. The summed E-state index contributed by atoms with van der Waals surface area (Å²) < 4.78 is 0. The molecule has 4 heteroatoms. The van der Waals surface area contributed by atoms with Gasteiger partial charge in [-0.3, -0.25) is 0 Å². The number of nitrogens with one attached hydrogen (secondary N) is 1. The van der Waals surface area contributed by atoms with Crippen LogP contribution in [0, 0.1) is 38.5 Å². The van der Waals surface area contributed by atoms with Gasteiger partial charge in [0.1, 0.15) is 0 Å². The Morgan fingerprint density at radius 3 is 2.38 bits per heavy atom. The largest absolute Gasteiger partial charge is 2.00 e. The minimum Gasteiger partial charge on any atom is -0.473 e. The molecule has 0 aliphatic carbocycles. The van der Waals surface area contributed by atoms with Gasteiger partial charge >= 0.3 is 31.1 Å². The maximum absolute atomic E-state index is 6.78. The molecule has 2 nitrogen and oxygen atoms in total. The van der Waals surface area contributed by atoms with Gasteiger partial charge in [-0.25, -0.2) is 0 Å². The summed E-state index contributed by atoms with van der Waals surface area (Å²) in [6.07, 6.45) is 1.62.